The van der Waals surface area contributed by atoms with E-state index in [2.05, 4.69) is 5.32 Å². The van der Waals surface area contributed by atoms with Gasteiger partial charge in [0.1, 0.15) is 12.4 Å². The van der Waals surface area contributed by atoms with Crippen molar-refractivity contribution in [3.05, 3.63) is 33.9 Å². The molecule has 6 heteroatoms. The molecule has 1 N–H and O–H groups in total. The van der Waals surface area contributed by atoms with Crippen molar-refractivity contribution in [2.45, 2.75) is 38.5 Å². The summed E-state index contributed by atoms with van der Waals surface area (Å²) in [6, 6.07) is 5.24. The number of nitrogens with one attached hydrogen (secondary N) is 1. The lowest BCUT2D eigenvalue weighted by Crippen LogP contribution is -2.19. The molecule has 0 aliphatic heterocycles. The Kier molecular flexibility index (Phi) is 4.92. The summed E-state index contributed by atoms with van der Waals surface area (Å²) in [7, 11) is 1.62. The summed E-state index contributed by atoms with van der Waals surface area (Å²) in [6.07, 6.45) is 2.33. The number of hydrogen-bond acceptors (Lipinski definition) is 5. The van der Waals surface area contributed by atoms with E-state index in [9.17, 15) is 10.1 Å². The minimum Gasteiger partial charge on any atom is -0.491 e. The van der Waals surface area contributed by atoms with Gasteiger partial charge in [-0.3, -0.25) is 10.1 Å². The normalized spacial score (nSPS) is 15.9. The molecule has 0 saturated heterocycles. The standard InChI is InChI=1S/C14H20N2O4/c1-10(19-2)9-20-14-6-5-13(16(17)18)7-11(14)8-15-12-3-4-12/h5-7,10,12,15H,3-4,8-9H2,1-2H3. The molecular weight excluding hydrogens is 260 g/mol. The first-order valence-electron chi connectivity index (χ1n) is 6.76. The Bertz CT molecular complexity index is 474. The average molecular weight is 280 g/mol. The topological polar surface area (TPSA) is 73.6 Å². The molecule has 20 heavy (non-hydrogen) atoms. The van der Waals surface area contributed by atoms with E-state index in [1.165, 1.54) is 18.9 Å². The van der Waals surface area contributed by atoms with Crippen LogP contribution in [-0.4, -0.2) is 30.8 Å². The quantitative estimate of drug-likeness (QED) is 0.584. The number of benzene rings is 1. The molecule has 6 nitrogen and oxygen atoms in total. The van der Waals surface area contributed by atoms with Gasteiger partial charge in [-0.1, -0.05) is 0 Å². The minimum absolute atomic E-state index is 0.0190. The zero-order valence-corrected chi connectivity index (χ0v) is 11.8. The Balaban J connectivity index is 2.08. The molecule has 1 fully saturated rings. The van der Waals surface area contributed by atoms with E-state index < -0.39 is 0 Å². The molecule has 0 heterocycles. The number of rotatable bonds is 8. The smallest absolute Gasteiger partial charge is 0.270 e. The third kappa shape index (κ3) is 4.18. The fraction of sp³-hybridized carbons (Fsp3) is 0.571. The van der Waals surface area contributed by atoms with Crippen LogP contribution in [-0.2, 0) is 11.3 Å². The van der Waals surface area contributed by atoms with Gasteiger partial charge in [0.05, 0.1) is 11.0 Å². The van der Waals surface area contributed by atoms with Crippen LogP contribution in [0, 0.1) is 10.1 Å². The first kappa shape index (κ1) is 14.7. The molecule has 1 aliphatic rings. The van der Waals surface area contributed by atoms with Gasteiger partial charge in [-0.25, -0.2) is 0 Å². The average Bonchev–Trinajstić information content (AvgIpc) is 3.26. The van der Waals surface area contributed by atoms with Crippen LogP contribution in [0.25, 0.3) is 0 Å². The van der Waals surface area contributed by atoms with E-state index in [1.54, 1.807) is 19.2 Å². The summed E-state index contributed by atoms with van der Waals surface area (Å²) in [5.74, 6) is 0.674. The SMILES string of the molecule is COC(C)COc1ccc([N+](=O)[O-])cc1CNC1CC1. The molecule has 1 aromatic carbocycles. The predicted molar refractivity (Wildman–Crippen MR) is 74.9 cm³/mol. The fourth-order valence-corrected chi connectivity index (χ4v) is 1.78. The summed E-state index contributed by atoms with van der Waals surface area (Å²) in [5.41, 5.74) is 0.902. The number of hydrogen-bond donors (Lipinski definition) is 1. The molecule has 1 atom stereocenters. The van der Waals surface area contributed by atoms with Crippen molar-refractivity contribution in [2.75, 3.05) is 13.7 Å². The number of non-ortho nitro benzene ring substituents is 1. The van der Waals surface area contributed by atoms with Crippen LogP contribution in [0.4, 0.5) is 5.69 Å². The Hall–Kier alpha value is -1.66. The second kappa shape index (κ2) is 6.67. The van der Waals surface area contributed by atoms with Crippen molar-refractivity contribution in [3.63, 3.8) is 0 Å². The summed E-state index contributed by atoms with van der Waals surface area (Å²) in [6.45, 7) is 2.92. The first-order valence-corrected chi connectivity index (χ1v) is 6.76. The van der Waals surface area contributed by atoms with Gasteiger partial charge in [-0.05, 0) is 25.8 Å². The lowest BCUT2D eigenvalue weighted by Gasteiger charge is -2.15. The number of nitrogens with zero attached hydrogens (tertiary/aromatic N) is 1. The van der Waals surface area contributed by atoms with Gasteiger partial charge in [0.25, 0.3) is 5.69 Å². The van der Waals surface area contributed by atoms with E-state index >= 15 is 0 Å². The van der Waals surface area contributed by atoms with Gasteiger partial charge in [0.15, 0.2) is 0 Å². The zero-order chi connectivity index (χ0) is 14.5. The van der Waals surface area contributed by atoms with E-state index in [-0.39, 0.29) is 16.7 Å². The van der Waals surface area contributed by atoms with Gasteiger partial charge >= 0.3 is 0 Å². The maximum Gasteiger partial charge on any atom is 0.270 e. The summed E-state index contributed by atoms with van der Waals surface area (Å²) in [5, 5.41) is 14.2. The third-order valence-corrected chi connectivity index (χ3v) is 3.29. The largest absolute Gasteiger partial charge is 0.491 e. The number of nitro groups is 1. The molecule has 0 aromatic heterocycles. The van der Waals surface area contributed by atoms with Crippen LogP contribution < -0.4 is 10.1 Å². The van der Waals surface area contributed by atoms with Crippen molar-refractivity contribution in [1.29, 1.82) is 0 Å². The Morgan fingerprint density at radius 2 is 2.25 bits per heavy atom. The van der Waals surface area contributed by atoms with Crippen LogP contribution in [0.5, 0.6) is 5.75 Å². The van der Waals surface area contributed by atoms with Crippen LogP contribution >= 0.6 is 0 Å². The Labute approximate surface area is 118 Å². The second-order valence-corrected chi connectivity index (χ2v) is 5.06. The monoisotopic (exact) mass is 280 g/mol. The lowest BCUT2D eigenvalue weighted by molar-refractivity contribution is -0.384. The van der Waals surface area contributed by atoms with Crippen molar-refractivity contribution < 1.29 is 14.4 Å². The molecule has 0 spiro atoms. The molecule has 0 radical (unpaired) electrons. The van der Waals surface area contributed by atoms with Crippen molar-refractivity contribution in [3.8, 4) is 5.75 Å². The highest BCUT2D eigenvalue weighted by Crippen LogP contribution is 2.26. The lowest BCUT2D eigenvalue weighted by atomic mass is 10.1. The van der Waals surface area contributed by atoms with Crippen LogP contribution in [0.3, 0.4) is 0 Å². The zero-order valence-electron chi connectivity index (χ0n) is 11.8. The molecule has 110 valence electrons. The van der Waals surface area contributed by atoms with Gasteiger partial charge in [-0.15, -0.1) is 0 Å². The maximum atomic E-state index is 10.9. The number of methoxy groups -OCH3 is 1. The van der Waals surface area contributed by atoms with E-state index in [0.29, 0.717) is 24.9 Å². The van der Waals surface area contributed by atoms with Crippen LogP contribution in [0.1, 0.15) is 25.3 Å². The summed E-state index contributed by atoms with van der Waals surface area (Å²) in [4.78, 5) is 10.5. The first-order chi connectivity index (χ1) is 9.60. The highest BCUT2D eigenvalue weighted by Gasteiger charge is 2.21. The molecular formula is C14H20N2O4. The van der Waals surface area contributed by atoms with Crippen LogP contribution in [0.15, 0.2) is 18.2 Å². The molecule has 1 unspecified atom stereocenters. The van der Waals surface area contributed by atoms with Crippen molar-refractivity contribution in [1.82, 2.24) is 5.32 Å². The maximum absolute atomic E-state index is 10.9. The summed E-state index contributed by atoms with van der Waals surface area (Å²) < 4.78 is 10.8. The van der Waals surface area contributed by atoms with E-state index in [4.69, 9.17) is 9.47 Å². The van der Waals surface area contributed by atoms with Gasteiger partial charge < -0.3 is 14.8 Å². The van der Waals surface area contributed by atoms with Gasteiger partial charge in [-0.2, -0.15) is 0 Å². The number of ether oxygens (including phenoxy) is 2. The van der Waals surface area contributed by atoms with Crippen molar-refractivity contribution >= 4 is 5.69 Å². The predicted octanol–water partition coefficient (Wildman–Crippen LogP) is 2.26. The minimum atomic E-state index is -0.387. The van der Waals surface area contributed by atoms with Crippen molar-refractivity contribution in [2.24, 2.45) is 0 Å². The highest BCUT2D eigenvalue weighted by molar-refractivity contribution is 5.43. The highest BCUT2D eigenvalue weighted by atomic mass is 16.6. The second-order valence-electron chi connectivity index (χ2n) is 5.06. The molecule has 1 aliphatic carbocycles. The third-order valence-electron chi connectivity index (χ3n) is 3.29. The molecule has 2 rings (SSSR count). The molecule has 1 saturated carbocycles. The Morgan fingerprint density at radius 1 is 1.50 bits per heavy atom. The van der Waals surface area contributed by atoms with Gasteiger partial charge in [0, 0.05) is 37.4 Å². The van der Waals surface area contributed by atoms with Gasteiger partial charge in [0.2, 0.25) is 0 Å². The van der Waals surface area contributed by atoms with E-state index in [0.717, 1.165) is 5.56 Å². The molecule has 0 bridgehead atoms. The summed E-state index contributed by atoms with van der Waals surface area (Å²) >= 11 is 0. The molecule has 0 amide bonds. The Morgan fingerprint density at radius 3 is 2.85 bits per heavy atom. The molecule has 1 aromatic rings. The van der Waals surface area contributed by atoms with E-state index in [1.807, 2.05) is 6.92 Å². The fourth-order valence-electron chi connectivity index (χ4n) is 1.78. The number of nitro benzene ring substituents is 1. The van der Waals surface area contributed by atoms with Crippen LogP contribution in [0.2, 0.25) is 0 Å².